The number of furan rings is 1. The highest BCUT2D eigenvalue weighted by molar-refractivity contribution is 5.81. The van der Waals surface area contributed by atoms with Gasteiger partial charge in [0.25, 0.3) is 0 Å². The maximum absolute atomic E-state index is 14.2. The van der Waals surface area contributed by atoms with Gasteiger partial charge in [-0.2, -0.15) is 0 Å². The summed E-state index contributed by atoms with van der Waals surface area (Å²) in [6.45, 7) is 1.91. The first kappa shape index (κ1) is 15.2. The molecule has 4 aromatic rings. The fourth-order valence-electron chi connectivity index (χ4n) is 2.92. The molecule has 0 atom stereocenters. The summed E-state index contributed by atoms with van der Waals surface area (Å²) in [6.07, 6.45) is 4.72. The van der Waals surface area contributed by atoms with E-state index in [1.54, 1.807) is 42.6 Å². The minimum atomic E-state index is -0.283. The Hall–Kier alpha value is -3.34. The van der Waals surface area contributed by atoms with Crippen LogP contribution in [-0.2, 0) is 0 Å². The third-order valence-corrected chi connectivity index (χ3v) is 4.08. The molecule has 0 aliphatic heterocycles. The monoisotopic (exact) mass is 334 g/mol. The first-order valence-corrected chi connectivity index (χ1v) is 7.81. The van der Waals surface area contributed by atoms with Crippen LogP contribution in [0.3, 0.4) is 0 Å². The van der Waals surface area contributed by atoms with Crippen molar-refractivity contribution >= 4 is 17.4 Å². The number of aromatic nitrogens is 2. The lowest BCUT2D eigenvalue weighted by atomic mass is 10.1. The predicted molar refractivity (Wildman–Crippen MR) is 94.5 cm³/mol. The first-order valence-electron chi connectivity index (χ1n) is 7.81. The van der Waals surface area contributed by atoms with Crippen molar-refractivity contribution in [1.29, 1.82) is 0 Å². The highest BCUT2D eigenvalue weighted by atomic mass is 19.1. The van der Waals surface area contributed by atoms with Crippen LogP contribution in [0.15, 0.2) is 65.4 Å². The van der Waals surface area contributed by atoms with Gasteiger partial charge in [-0.1, -0.05) is 12.1 Å². The van der Waals surface area contributed by atoms with E-state index in [0.29, 0.717) is 17.0 Å². The molecule has 0 amide bonds. The molecule has 0 bridgehead atoms. The summed E-state index contributed by atoms with van der Waals surface area (Å²) in [6, 6.07) is 13.7. The van der Waals surface area contributed by atoms with E-state index in [9.17, 15) is 9.50 Å². The summed E-state index contributed by atoms with van der Waals surface area (Å²) >= 11 is 0. The number of fused-ring (bicyclic) bond motifs is 1. The number of aliphatic hydroxyl groups excluding tert-OH is 1. The van der Waals surface area contributed by atoms with Crippen molar-refractivity contribution in [2.24, 2.45) is 0 Å². The van der Waals surface area contributed by atoms with Crippen LogP contribution >= 0.6 is 0 Å². The molecule has 1 N–H and O–H groups in total. The van der Waals surface area contributed by atoms with Crippen molar-refractivity contribution in [3.05, 3.63) is 84.0 Å². The van der Waals surface area contributed by atoms with Crippen molar-refractivity contribution in [2.45, 2.75) is 6.92 Å². The van der Waals surface area contributed by atoms with Gasteiger partial charge in [-0.3, -0.25) is 4.98 Å². The summed E-state index contributed by atoms with van der Waals surface area (Å²) in [5.41, 5.74) is 3.47. The molecule has 5 heteroatoms. The van der Waals surface area contributed by atoms with Crippen LogP contribution in [0.1, 0.15) is 17.1 Å². The normalized spacial score (nSPS) is 12.0. The van der Waals surface area contributed by atoms with Crippen LogP contribution in [0.25, 0.3) is 28.6 Å². The Morgan fingerprint density at radius 3 is 2.76 bits per heavy atom. The average Bonchev–Trinajstić information content (AvgIpc) is 3.28. The van der Waals surface area contributed by atoms with Crippen LogP contribution in [0.2, 0.25) is 0 Å². The van der Waals surface area contributed by atoms with Gasteiger partial charge in [0, 0.05) is 23.5 Å². The molecule has 0 spiro atoms. The Morgan fingerprint density at radius 2 is 2.00 bits per heavy atom. The lowest BCUT2D eigenvalue weighted by molar-refractivity contribution is 0.462. The van der Waals surface area contributed by atoms with Crippen LogP contribution in [0, 0.1) is 12.7 Å². The molecule has 25 heavy (non-hydrogen) atoms. The highest BCUT2D eigenvalue weighted by Gasteiger charge is 2.14. The van der Waals surface area contributed by atoms with E-state index in [4.69, 9.17) is 4.42 Å². The van der Waals surface area contributed by atoms with Crippen molar-refractivity contribution < 1.29 is 13.9 Å². The number of hydrogen-bond acceptors (Lipinski definition) is 3. The second kappa shape index (κ2) is 5.94. The number of benzene rings is 1. The van der Waals surface area contributed by atoms with Crippen LogP contribution in [-0.4, -0.2) is 14.5 Å². The number of aliphatic hydroxyl groups is 1. The van der Waals surface area contributed by atoms with Crippen molar-refractivity contribution in [3.63, 3.8) is 0 Å². The molecule has 0 radical (unpaired) electrons. The van der Waals surface area contributed by atoms with E-state index < -0.39 is 0 Å². The molecule has 0 aliphatic carbocycles. The van der Waals surface area contributed by atoms with Gasteiger partial charge in [0.15, 0.2) is 11.5 Å². The second-order valence-electron chi connectivity index (χ2n) is 5.71. The molecule has 4 nitrogen and oxygen atoms in total. The summed E-state index contributed by atoms with van der Waals surface area (Å²) in [4.78, 5) is 4.39. The predicted octanol–water partition coefficient (Wildman–Crippen LogP) is 5.10. The van der Waals surface area contributed by atoms with Crippen molar-refractivity contribution in [1.82, 2.24) is 9.38 Å². The number of hydrogen-bond donors (Lipinski definition) is 1. The Bertz CT molecular complexity index is 1080. The Labute approximate surface area is 143 Å². The van der Waals surface area contributed by atoms with Gasteiger partial charge >= 0.3 is 0 Å². The van der Waals surface area contributed by atoms with Gasteiger partial charge in [0.05, 0.1) is 23.2 Å². The molecule has 0 aliphatic rings. The van der Waals surface area contributed by atoms with Gasteiger partial charge in [-0.15, -0.1) is 0 Å². The summed E-state index contributed by atoms with van der Waals surface area (Å²) < 4.78 is 21.3. The van der Waals surface area contributed by atoms with Gasteiger partial charge in [0.2, 0.25) is 0 Å². The van der Waals surface area contributed by atoms with E-state index in [0.717, 1.165) is 16.9 Å². The Morgan fingerprint density at radius 1 is 1.16 bits per heavy atom. The lowest BCUT2D eigenvalue weighted by Gasteiger charge is -2.09. The molecule has 0 unspecified atom stereocenters. The molecular formula is C20H15FN2O2. The Kier molecular flexibility index (Phi) is 3.61. The second-order valence-corrected chi connectivity index (χ2v) is 5.71. The molecule has 4 rings (SSSR count). The Balaban J connectivity index is 1.91. The van der Waals surface area contributed by atoms with E-state index in [-0.39, 0.29) is 11.6 Å². The van der Waals surface area contributed by atoms with E-state index in [2.05, 4.69) is 4.98 Å². The zero-order valence-electron chi connectivity index (χ0n) is 13.5. The molecule has 0 saturated carbocycles. The van der Waals surface area contributed by atoms with Crippen molar-refractivity contribution in [3.8, 4) is 11.3 Å². The molecule has 0 fully saturated rings. The SMILES string of the molecule is Cc1cnc(/C=C(\O)c2ccco2)c2ccc(-c3ccccc3F)n12. The van der Waals surface area contributed by atoms with E-state index >= 15 is 0 Å². The molecular weight excluding hydrogens is 319 g/mol. The van der Waals surface area contributed by atoms with Gasteiger partial charge in [-0.05, 0) is 43.3 Å². The number of rotatable bonds is 3. The molecule has 3 heterocycles. The molecule has 1 aromatic carbocycles. The summed E-state index contributed by atoms with van der Waals surface area (Å²) in [7, 11) is 0. The standard InChI is InChI=1S/C20H15FN2O2/c1-13-12-22-16(11-19(24)20-7-4-10-25-20)18-9-8-17(23(13)18)14-5-2-3-6-15(14)21/h2-12,24H,1H3/b19-11-. The van der Waals surface area contributed by atoms with E-state index in [1.807, 2.05) is 23.5 Å². The number of nitrogens with zero attached hydrogens (tertiary/aromatic N) is 2. The minimum absolute atomic E-state index is 0.0168. The fraction of sp³-hybridized carbons (Fsp3) is 0.0500. The molecule has 0 saturated heterocycles. The van der Waals surface area contributed by atoms with Gasteiger partial charge in [0.1, 0.15) is 5.82 Å². The zero-order chi connectivity index (χ0) is 17.4. The van der Waals surface area contributed by atoms with E-state index in [1.165, 1.54) is 12.3 Å². The quantitative estimate of drug-likeness (QED) is 0.530. The third kappa shape index (κ3) is 2.59. The minimum Gasteiger partial charge on any atom is -0.504 e. The maximum Gasteiger partial charge on any atom is 0.168 e. The molecule has 3 aromatic heterocycles. The topological polar surface area (TPSA) is 50.7 Å². The highest BCUT2D eigenvalue weighted by Crippen LogP contribution is 2.28. The fourth-order valence-corrected chi connectivity index (χ4v) is 2.92. The van der Waals surface area contributed by atoms with Crippen LogP contribution in [0.4, 0.5) is 4.39 Å². The van der Waals surface area contributed by atoms with Crippen LogP contribution in [0.5, 0.6) is 0 Å². The first-order chi connectivity index (χ1) is 12.1. The third-order valence-electron chi connectivity index (χ3n) is 4.08. The van der Waals surface area contributed by atoms with Crippen molar-refractivity contribution in [2.75, 3.05) is 0 Å². The smallest absolute Gasteiger partial charge is 0.168 e. The number of halogens is 1. The molecule has 124 valence electrons. The summed E-state index contributed by atoms with van der Waals surface area (Å²) in [5.74, 6) is 0.0625. The number of aryl methyl sites for hydroxylation is 1. The van der Waals surface area contributed by atoms with Gasteiger partial charge < -0.3 is 13.9 Å². The average molecular weight is 334 g/mol. The zero-order valence-corrected chi connectivity index (χ0v) is 13.5. The maximum atomic E-state index is 14.2. The summed E-state index contributed by atoms with van der Waals surface area (Å²) in [5, 5.41) is 10.2. The van der Waals surface area contributed by atoms with Gasteiger partial charge in [-0.25, -0.2) is 4.39 Å². The lowest BCUT2D eigenvalue weighted by Crippen LogP contribution is -1.99. The largest absolute Gasteiger partial charge is 0.504 e. The van der Waals surface area contributed by atoms with Crippen LogP contribution < -0.4 is 0 Å².